The Kier molecular flexibility index (Phi) is 6.66. The first-order valence-electron chi connectivity index (χ1n) is 10.2. The fourth-order valence-electron chi connectivity index (χ4n) is 3.11. The summed E-state index contributed by atoms with van der Waals surface area (Å²) in [5, 5.41) is 8.18. The number of hydrogen-bond acceptors (Lipinski definition) is 4. The lowest BCUT2D eigenvalue weighted by molar-refractivity contribution is 0.102. The van der Waals surface area contributed by atoms with E-state index in [0.717, 1.165) is 16.5 Å². The molecule has 0 radical (unpaired) electrons. The first-order valence-corrected chi connectivity index (χ1v) is 11.8. The second-order valence-corrected chi connectivity index (χ2v) is 8.87. The van der Waals surface area contributed by atoms with E-state index in [1.54, 1.807) is 41.3 Å². The zero-order valence-corrected chi connectivity index (χ0v) is 18.4. The Labute approximate surface area is 192 Å². The molecule has 0 aliphatic rings. The third-order valence-electron chi connectivity index (χ3n) is 4.72. The second kappa shape index (κ2) is 9.97. The van der Waals surface area contributed by atoms with Crippen LogP contribution in [0.25, 0.3) is 6.08 Å². The molecular formula is C25H22N4O3S. The minimum atomic E-state index is -3.68. The van der Waals surface area contributed by atoms with Crippen LogP contribution in [0.4, 0.5) is 11.4 Å². The van der Waals surface area contributed by atoms with E-state index in [1.165, 1.54) is 6.08 Å². The molecule has 2 N–H and O–H groups in total. The van der Waals surface area contributed by atoms with Crippen molar-refractivity contribution in [3.8, 4) is 0 Å². The van der Waals surface area contributed by atoms with Crippen molar-refractivity contribution < 1.29 is 13.2 Å². The summed E-state index contributed by atoms with van der Waals surface area (Å²) in [4.78, 5) is 12.5. The van der Waals surface area contributed by atoms with Gasteiger partial charge in [-0.25, -0.2) is 8.42 Å². The maximum Gasteiger partial charge on any atom is 0.255 e. The van der Waals surface area contributed by atoms with E-state index in [0.29, 0.717) is 23.5 Å². The van der Waals surface area contributed by atoms with Gasteiger partial charge in [0.1, 0.15) is 0 Å². The van der Waals surface area contributed by atoms with Crippen molar-refractivity contribution >= 4 is 33.4 Å². The number of carbonyl (C=O) groups excluding carboxylic acids is 1. The normalized spacial score (nSPS) is 11.4. The van der Waals surface area contributed by atoms with Crippen molar-refractivity contribution in [2.24, 2.45) is 0 Å². The highest BCUT2D eigenvalue weighted by molar-refractivity contribution is 7.95. The number of benzene rings is 3. The van der Waals surface area contributed by atoms with Crippen LogP contribution in [0.3, 0.4) is 0 Å². The van der Waals surface area contributed by atoms with Gasteiger partial charge in [0, 0.05) is 17.4 Å². The molecule has 4 aromatic rings. The number of aromatic nitrogens is 2. The number of nitrogens with one attached hydrogen (secondary N) is 2. The summed E-state index contributed by atoms with van der Waals surface area (Å²) in [6.07, 6.45) is 4.86. The number of nitrogens with zero attached hydrogens (tertiary/aromatic N) is 2. The van der Waals surface area contributed by atoms with Gasteiger partial charge in [-0.1, -0.05) is 60.7 Å². The van der Waals surface area contributed by atoms with Gasteiger partial charge in [0.15, 0.2) is 0 Å². The summed E-state index contributed by atoms with van der Waals surface area (Å²) in [6, 6.07) is 25.2. The second-order valence-electron chi connectivity index (χ2n) is 7.30. The van der Waals surface area contributed by atoms with Crippen LogP contribution < -0.4 is 10.0 Å². The molecule has 4 rings (SSSR count). The predicted molar refractivity (Wildman–Crippen MR) is 130 cm³/mol. The smallest absolute Gasteiger partial charge is 0.255 e. The SMILES string of the molecule is O=C(Nc1cnn(Cc2ccccc2)c1)c1ccc(NS(=O)(=O)C=Cc2ccccc2)cc1. The van der Waals surface area contributed by atoms with Crippen LogP contribution in [0.15, 0.2) is 103 Å². The van der Waals surface area contributed by atoms with Crippen molar-refractivity contribution in [3.05, 3.63) is 119 Å². The molecule has 1 aromatic heterocycles. The lowest BCUT2D eigenvalue weighted by Crippen LogP contribution is -2.12. The molecule has 8 heteroatoms. The summed E-state index contributed by atoms with van der Waals surface area (Å²) in [5.74, 6) is -0.312. The molecule has 0 spiro atoms. The van der Waals surface area contributed by atoms with Crippen molar-refractivity contribution in [1.29, 1.82) is 0 Å². The van der Waals surface area contributed by atoms with Crippen LogP contribution in [0, 0.1) is 0 Å². The number of anilines is 2. The molecule has 3 aromatic carbocycles. The monoisotopic (exact) mass is 458 g/mol. The average molecular weight is 459 g/mol. The zero-order chi connectivity index (χ0) is 23.1. The quantitative estimate of drug-likeness (QED) is 0.404. The largest absolute Gasteiger partial charge is 0.319 e. The third kappa shape index (κ3) is 6.41. The van der Waals surface area contributed by atoms with Gasteiger partial charge in [0.2, 0.25) is 0 Å². The Morgan fingerprint density at radius 2 is 1.55 bits per heavy atom. The highest BCUT2D eigenvalue weighted by atomic mass is 32.2. The molecular weight excluding hydrogens is 436 g/mol. The zero-order valence-electron chi connectivity index (χ0n) is 17.6. The minimum Gasteiger partial charge on any atom is -0.319 e. The van der Waals surface area contributed by atoms with Crippen LogP contribution in [-0.2, 0) is 16.6 Å². The van der Waals surface area contributed by atoms with Gasteiger partial charge in [-0.3, -0.25) is 14.2 Å². The van der Waals surface area contributed by atoms with Crippen LogP contribution >= 0.6 is 0 Å². The van der Waals surface area contributed by atoms with Crippen molar-refractivity contribution in [2.75, 3.05) is 10.0 Å². The van der Waals surface area contributed by atoms with Gasteiger partial charge in [0.25, 0.3) is 15.9 Å². The molecule has 0 atom stereocenters. The Morgan fingerprint density at radius 1 is 0.879 bits per heavy atom. The molecule has 1 heterocycles. The van der Waals surface area contributed by atoms with E-state index in [-0.39, 0.29) is 5.91 Å². The van der Waals surface area contributed by atoms with Gasteiger partial charge in [0.05, 0.1) is 23.8 Å². The van der Waals surface area contributed by atoms with E-state index in [1.807, 2.05) is 60.7 Å². The van der Waals surface area contributed by atoms with Crippen LogP contribution in [0.1, 0.15) is 21.5 Å². The summed E-state index contributed by atoms with van der Waals surface area (Å²) in [5.41, 5.74) is 3.22. The van der Waals surface area contributed by atoms with Crippen LogP contribution in [0.2, 0.25) is 0 Å². The van der Waals surface area contributed by atoms with Crippen molar-refractivity contribution in [1.82, 2.24) is 9.78 Å². The molecule has 166 valence electrons. The summed E-state index contributed by atoms with van der Waals surface area (Å²) >= 11 is 0. The minimum absolute atomic E-state index is 0.312. The van der Waals surface area contributed by atoms with Gasteiger partial charge in [-0.05, 0) is 41.5 Å². The highest BCUT2D eigenvalue weighted by Crippen LogP contribution is 2.15. The molecule has 1 amide bonds. The van der Waals surface area contributed by atoms with Gasteiger partial charge in [-0.15, -0.1) is 0 Å². The maximum atomic E-state index is 12.5. The summed E-state index contributed by atoms with van der Waals surface area (Å²) in [6.45, 7) is 0.601. The van der Waals surface area contributed by atoms with E-state index < -0.39 is 10.0 Å². The predicted octanol–water partition coefficient (Wildman–Crippen LogP) is 4.60. The number of amides is 1. The van der Waals surface area contributed by atoms with Crippen LogP contribution in [0.5, 0.6) is 0 Å². The summed E-state index contributed by atoms with van der Waals surface area (Å²) in [7, 11) is -3.68. The Morgan fingerprint density at radius 3 is 2.24 bits per heavy atom. The number of carbonyl (C=O) groups is 1. The Balaban J connectivity index is 1.35. The van der Waals surface area contributed by atoms with Crippen LogP contribution in [-0.4, -0.2) is 24.1 Å². The maximum absolute atomic E-state index is 12.5. The number of hydrogen-bond donors (Lipinski definition) is 2. The van der Waals surface area contributed by atoms with Gasteiger partial charge >= 0.3 is 0 Å². The fourth-order valence-corrected chi connectivity index (χ4v) is 3.98. The molecule has 0 saturated heterocycles. The van der Waals surface area contributed by atoms with E-state index in [9.17, 15) is 13.2 Å². The molecule has 0 saturated carbocycles. The Hall–Kier alpha value is -4.17. The summed E-state index contributed by atoms with van der Waals surface area (Å²) < 4.78 is 28.8. The molecule has 33 heavy (non-hydrogen) atoms. The molecule has 0 bridgehead atoms. The topological polar surface area (TPSA) is 93.1 Å². The first kappa shape index (κ1) is 22.0. The molecule has 0 aliphatic carbocycles. The molecule has 0 unspecified atom stereocenters. The lowest BCUT2D eigenvalue weighted by atomic mass is 10.2. The first-order chi connectivity index (χ1) is 16.0. The lowest BCUT2D eigenvalue weighted by Gasteiger charge is -2.06. The number of rotatable bonds is 8. The van der Waals surface area contributed by atoms with Gasteiger partial charge < -0.3 is 5.32 Å². The molecule has 7 nitrogen and oxygen atoms in total. The molecule has 0 aliphatic heterocycles. The Bertz CT molecular complexity index is 1350. The van der Waals surface area contributed by atoms with Crippen molar-refractivity contribution in [2.45, 2.75) is 6.54 Å². The van der Waals surface area contributed by atoms with E-state index in [4.69, 9.17) is 0 Å². The number of sulfonamides is 1. The fraction of sp³-hybridized carbons (Fsp3) is 0.0400. The highest BCUT2D eigenvalue weighted by Gasteiger charge is 2.10. The van der Waals surface area contributed by atoms with E-state index in [2.05, 4.69) is 15.1 Å². The third-order valence-corrected chi connectivity index (χ3v) is 5.74. The van der Waals surface area contributed by atoms with Gasteiger partial charge in [-0.2, -0.15) is 5.10 Å². The average Bonchev–Trinajstić information content (AvgIpc) is 3.26. The standard InChI is InChI=1S/C25H22N4O3S/c30-25(27-24-17-26-29(19-24)18-21-9-5-2-6-10-21)22-11-13-23(14-12-22)28-33(31,32)16-15-20-7-3-1-4-8-20/h1-17,19,28H,18H2,(H,27,30). The van der Waals surface area contributed by atoms with Crippen molar-refractivity contribution in [3.63, 3.8) is 0 Å². The van der Waals surface area contributed by atoms with E-state index >= 15 is 0 Å². The molecule has 0 fully saturated rings.